The number of hydrogen-bond donors (Lipinski definition) is 1. The van der Waals surface area contributed by atoms with Gasteiger partial charge in [0.2, 0.25) is 11.7 Å². The van der Waals surface area contributed by atoms with Crippen molar-refractivity contribution in [3.63, 3.8) is 0 Å². The minimum Gasteiger partial charge on any atom is -0.486 e. The maximum Gasteiger partial charge on any atom is 0.322 e. The minimum absolute atomic E-state index is 0.00611. The molecule has 1 N–H and O–H groups in total. The Hall–Kier alpha value is -3.69. The van der Waals surface area contributed by atoms with Crippen molar-refractivity contribution in [1.82, 2.24) is 15.0 Å². The van der Waals surface area contributed by atoms with E-state index in [1.54, 1.807) is 23.1 Å². The maximum absolute atomic E-state index is 14.0. The number of carbonyl (C=O) groups is 1. The monoisotopic (exact) mass is 428 g/mol. The first-order valence-corrected chi connectivity index (χ1v) is 9.85. The fraction of sp³-hybridized carbons (Fsp3) is 0.286. The van der Waals surface area contributed by atoms with Crippen LogP contribution in [0.2, 0.25) is 0 Å². The normalized spacial score (nSPS) is 17.6. The molecule has 0 bridgehead atoms. The van der Waals surface area contributed by atoms with Gasteiger partial charge in [0.15, 0.2) is 11.5 Å². The number of likely N-dealkylation sites (tertiary alicyclic amines) is 1. The Bertz CT molecular complexity index is 1140. The number of fused-ring (bicyclic) bond motifs is 1. The molecule has 1 aromatic heterocycles. The highest BCUT2D eigenvalue weighted by Gasteiger charge is 2.34. The van der Waals surface area contributed by atoms with Gasteiger partial charge in [-0.2, -0.15) is 4.98 Å². The molecule has 0 saturated carbocycles. The van der Waals surface area contributed by atoms with Crippen LogP contribution in [-0.4, -0.2) is 40.8 Å². The third-order valence-corrected chi connectivity index (χ3v) is 5.21. The maximum atomic E-state index is 14.0. The lowest BCUT2D eigenvalue weighted by atomic mass is 10.2. The topological polar surface area (TPSA) is 89.7 Å². The number of benzene rings is 2. The first-order chi connectivity index (χ1) is 15.1. The average molecular weight is 428 g/mol. The Balaban J connectivity index is 1.33. The summed E-state index contributed by atoms with van der Waals surface area (Å²) in [5.41, 5.74) is 0.598. The quantitative estimate of drug-likeness (QED) is 0.674. The van der Waals surface area contributed by atoms with Crippen molar-refractivity contribution in [3.8, 4) is 22.9 Å². The smallest absolute Gasteiger partial charge is 0.322 e. The summed E-state index contributed by atoms with van der Waals surface area (Å²) in [5, 5.41) is 6.66. The van der Waals surface area contributed by atoms with E-state index in [-0.39, 0.29) is 23.3 Å². The van der Waals surface area contributed by atoms with Crippen LogP contribution in [0.1, 0.15) is 24.8 Å². The third-order valence-electron chi connectivity index (χ3n) is 5.21. The summed E-state index contributed by atoms with van der Waals surface area (Å²) in [6.45, 7) is 1.44. The number of nitrogens with one attached hydrogen (secondary N) is 1. The lowest BCUT2D eigenvalue weighted by Crippen LogP contribution is -2.34. The van der Waals surface area contributed by atoms with Crippen LogP contribution >= 0.6 is 0 Å². The van der Waals surface area contributed by atoms with Gasteiger partial charge in [0.05, 0.1) is 5.56 Å². The van der Waals surface area contributed by atoms with E-state index < -0.39 is 17.7 Å². The van der Waals surface area contributed by atoms with Crippen LogP contribution in [0.3, 0.4) is 0 Å². The number of rotatable bonds is 3. The third kappa shape index (κ3) is 3.76. The van der Waals surface area contributed by atoms with Gasteiger partial charge in [-0.3, -0.25) is 0 Å². The Kier molecular flexibility index (Phi) is 4.89. The SMILES string of the molecule is O=C(Nc1ccc2c(c1)OCCO2)N1CCCC1c1nc(-c2ccc(F)cc2F)no1. The Morgan fingerprint density at radius 3 is 2.77 bits per heavy atom. The largest absolute Gasteiger partial charge is 0.486 e. The number of anilines is 1. The number of carbonyl (C=O) groups excluding carboxylic acids is 1. The number of urea groups is 1. The number of nitrogens with zero attached hydrogens (tertiary/aromatic N) is 3. The highest BCUT2D eigenvalue weighted by molar-refractivity contribution is 5.90. The first kappa shape index (κ1) is 19.3. The van der Waals surface area contributed by atoms with E-state index in [1.807, 2.05) is 0 Å². The zero-order chi connectivity index (χ0) is 21.4. The molecule has 1 unspecified atom stereocenters. The second-order valence-electron chi connectivity index (χ2n) is 7.22. The number of halogens is 2. The molecule has 10 heteroatoms. The second-order valence-corrected chi connectivity index (χ2v) is 7.22. The van der Waals surface area contributed by atoms with Gasteiger partial charge in [-0.25, -0.2) is 13.6 Å². The molecule has 31 heavy (non-hydrogen) atoms. The van der Waals surface area contributed by atoms with Crippen LogP contribution in [0, 0.1) is 11.6 Å². The van der Waals surface area contributed by atoms with Gasteiger partial charge in [0.25, 0.3) is 0 Å². The molecule has 160 valence electrons. The van der Waals surface area contributed by atoms with Crippen molar-refractivity contribution >= 4 is 11.7 Å². The summed E-state index contributed by atoms with van der Waals surface area (Å²) in [7, 11) is 0. The van der Waals surface area contributed by atoms with Crippen molar-refractivity contribution in [2.24, 2.45) is 0 Å². The molecule has 2 aliphatic heterocycles. The molecule has 0 aliphatic carbocycles. The molecule has 2 aromatic carbocycles. The van der Waals surface area contributed by atoms with Gasteiger partial charge in [-0.15, -0.1) is 0 Å². The molecule has 0 spiro atoms. The molecule has 3 heterocycles. The number of hydrogen-bond acceptors (Lipinski definition) is 6. The fourth-order valence-electron chi connectivity index (χ4n) is 3.73. The zero-order valence-corrected chi connectivity index (χ0v) is 16.3. The molecular weight excluding hydrogens is 410 g/mol. The summed E-state index contributed by atoms with van der Waals surface area (Å²) in [4.78, 5) is 18.7. The van der Waals surface area contributed by atoms with E-state index in [0.29, 0.717) is 43.4 Å². The van der Waals surface area contributed by atoms with Crippen molar-refractivity contribution in [3.05, 3.63) is 53.9 Å². The van der Waals surface area contributed by atoms with Crippen LogP contribution in [0.4, 0.5) is 19.3 Å². The van der Waals surface area contributed by atoms with E-state index in [2.05, 4.69) is 15.5 Å². The molecular formula is C21H18F2N4O4. The molecule has 2 amide bonds. The molecule has 0 radical (unpaired) electrons. The Labute approximate surface area is 175 Å². The number of amides is 2. The van der Waals surface area contributed by atoms with E-state index in [1.165, 1.54) is 6.07 Å². The first-order valence-electron chi connectivity index (χ1n) is 9.85. The van der Waals surface area contributed by atoms with Crippen molar-refractivity contribution in [2.75, 3.05) is 25.1 Å². The molecule has 8 nitrogen and oxygen atoms in total. The van der Waals surface area contributed by atoms with Gasteiger partial charge in [-0.05, 0) is 37.1 Å². The molecule has 3 aromatic rings. The lowest BCUT2D eigenvalue weighted by Gasteiger charge is -2.23. The second kappa shape index (κ2) is 7.86. The zero-order valence-electron chi connectivity index (χ0n) is 16.3. The highest BCUT2D eigenvalue weighted by Crippen LogP contribution is 2.35. The fourth-order valence-corrected chi connectivity index (χ4v) is 3.73. The van der Waals surface area contributed by atoms with Gasteiger partial charge in [0, 0.05) is 24.4 Å². The predicted molar refractivity (Wildman–Crippen MR) is 105 cm³/mol. The van der Waals surface area contributed by atoms with Crippen molar-refractivity contribution < 1.29 is 27.6 Å². The number of aromatic nitrogens is 2. The molecule has 1 atom stereocenters. The predicted octanol–water partition coefficient (Wildman–Crippen LogP) is 4.16. The van der Waals surface area contributed by atoms with Crippen LogP contribution < -0.4 is 14.8 Å². The Morgan fingerprint density at radius 1 is 1.10 bits per heavy atom. The van der Waals surface area contributed by atoms with Crippen molar-refractivity contribution in [1.29, 1.82) is 0 Å². The molecule has 2 aliphatic rings. The summed E-state index contributed by atoms with van der Waals surface area (Å²) in [5.74, 6) is -0.0607. The highest BCUT2D eigenvalue weighted by atomic mass is 19.1. The van der Waals surface area contributed by atoms with Gasteiger partial charge in [-0.1, -0.05) is 5.16 Å². The van der Waals surface area contributed by atoms with Gasteiger partial charge in [0.1, 0.15) is 30.9 Å². The van der Waals surface area contributed by atoms with Crippen LogP contribution in [0.15, 0.2) is 40.9 Å². The van der Waals surface area contributed by atoms with Crippen LogP contribution in [0.25, 0.3) is 11.4 Å². The standard InChI is InChI=1S/C21H18F2N4O4/c22-12-3-5-14(15(23)10-12)19-25-20(31-26-19)16-2-1-7-27(16)21(28)24-13-4-6-17-18(11-13)30-9-8-29-17/h3-6,10-11,16H,1-2,7-9H2,(H,24,28). The molecule has 5 rings (SSSR count). The number of ether oxygens (including phenoxy) is 2. The molecule has 1 saturated heterocycles. The average Bonchev–Trinajstić information content (AvgIpc) is 3.43. The summed E-state index contributed by atoms with van der Waals surface area (Å²) in [6, 6.07) is 7.55. The van der Waals surface area contributed by atoms with Crippen LogP contribution in [0.5, 0.6) is 11.5 Å². The van der Waals surface area contributed by atoms with E-state index in [0.717, 1.165) is 18.6 Å². The molecule has 1 fully saturated rings. The van der Waals surface area contributed by atoms with Crippen molar-refractivity contribution in [2.45, 2.75) is 18.9 Å². The summed E-state index contributed by atoms with van der Waals surface area (Å²) in [6.07, 6.45) is 1.38. The van der Waals surface area contributed by atoms with E-state index in [9.17, 15) is 13.6 Å². The van der Waals surface area contributed by atoms with Gasteiger partial charge < -0.3 is 24.2 Å². The Morgan fingerprint density at radius 2 is 1.94 bits per heavy atom. The van der Waals surface area contributed by atoms with Gasteiger partial charge >= 0.3 is 6.03 Å². The minimum atomic E-state index is -0.785. The van der Waals surface area contributed by atoms with E-state index in [4.69, 9.17) is 14.0 Å². The lowest BCUT2D eigenvalue weighted by molar-refractivity contribution is 0.171. The summed E-state index contributed by atoms with van der Waals surface area (Å²) >= 11 is 0. The van der Waals surface area contributed by atoms with Crippen LogP contribution in [-0.2, 0) is 0 Å². The summed E-state index contributed by atoms with van der Waals surface area (Å²) < 4.78 is 43.5. The van der Waals surface area contributed by atoms with E-state index >= 15 is 0 Å².